The number of rotatable bonds is 5. The van der Waals surface area contributed by atoms with Crippen LogP contribution in [0, 0.1) is 16.0 Å². The summed E-state index contributed by atoms with van der Waals surface area (Å²) in [5.41, 5.74) is 4.73. The molecule has 0 radical (unpaired) electrons. The zero-order chi connectivity index (χ0) is 19.0. The van der Waals surface area contributed by atoms with E-state index in [0.717, 1.165) is 30.8 Å². The smallest absolute Gasteiger partial charge is 0.269 e. The van der Waals surface area contributed by atoms with E-state index in [9.17, 15) is 10.1 Å². The second-order valence-electron chi connectivity index (χ2n) is 7.27. The van der Waals surface area contributed by atoms with Gasteiger partial charge in [-0.2, -0.15) is 0 Å². The first kappa shape index (κ1) is 17.6. The molecule has 140 valence electrons. The summed E-state index contributed by atoms with van der Waals surface area (Å²) in [6.45, 7) is 6.34. The highest BCUT2D eigenvalue weighted by atomic mass is 16.6. The van der Waals surface area contributed by atoms with Crippen LogP contribution in [0.4, 0.5) is 17.1 Å². The number of nitrogens with zero attached hydrogens (tertiary/aromatic N) is 2. The van der Waals surface area contributed by atoms with E-state index in [2.05, 4.69) is 60.5 Å². The molecule has 0 saturated heterocycles. The molecule has 0 spiro atoms. The van der Waals surface area contributed by atoms with Crippen LogP contribution < -0.4 is 10.2 Å². The minimum Gasteiger partial charge on any atom is -0.378 e. The van der Waals surface area contributed by atoms with Crippen molar-refractivity contribution in [2.24, 2.45) is 5.92 Å². The Labute approximate surface area is 159 Å². The topological polar surface area (TPSA) is 58.4 Å². The maximum Gasteiger partial charge on any atom is 0.269 e. The van der Waals surface area contributed by atoms with Crippen molar-refractivity contribution in [3.05, 3.63) is 75.9 Å². The van der Waals surface area contributed by atoms with Gasteiger partial charge in [0.2, 0.25) is 0 Å². The number of nitro groups is 1. The molecule has 3 unspecified atom stereocenters. The van der Waals surface area contributed by atoms with Gasteiger partial charge in [-0.15, -0.1) is 0 Å². The Morgan fingerprint density at radius 3 is 2.56 bits per heavy atom. The van der Waals surface area contributed by atoms with Crippen molar-refractivity contribution in [3.8, 4) is 0 Å². The Kier molecular flexibility index (Phi) is 4.60. The Morgan fingerprint density at radius 1 is 1.15 bits per heavy atom. The van der Waals surface area contributed by atoms with Gasteiger partial charge in [0.15, 0.2) is 0 Å². The Bertz CT molecular complexity index is 872. The number of anilines is 2. The number of nitro benzene ring substituents is 1. The minimum absolute atomic E-state index is 0.164. The Balaban J connectivity index is 1.66. The van der Waals surface area contributed by atoms with Gasteiger partial charge in [-0.25, -0.2) is 0 Å². The quantitative estimate of drug-likeness (QED) is 0.447. The van der Waals surface area contributed by atoms with Crippen LogP contribution in [-0.4, -0.2) is 18.0 Å². The van der Waals surface area contributed by atoms with Crippen LogP contribution in [0.15, 0.2) is 54.6 Å². The normalized spacial score (nSPS) is 22.7. The predicted octanol–water partition coefficient (Wildman–Crippen LogP) is 5.27. The van der Waals surface area contributed by atoms with E-state index in [1.165, 1.54) is 11.3 Å². The molecule has 2 aromatic rings. The SMILES string of the molecule is CCN(CC)c1ccc(C2Nc3ccc([N+](=O)[O-])cc3C3C=CCC32)cc1. The minimum atomic E-state index is -0.314. The highest BCUT2D eigenvalue weighted by Gasteiger charge is 2.38. The first-order valence-electron chi connectivity index (χ1n) is 9.68. The third-order valence-electron chi connectivity index (χ3n) is 5.94. The molecule has 2 aromatic carbocycles. The van der Waals surface area contributed by atoms with Crippen LogP contribution >= 0.6 is 0 Å². The zero-order valence-electron chi connectivity index (χ0n) is 15.8. The second kappa shape index (κ2) is 7.06. The van der Waals surface area contributed by atoms with Gasteiger partial charge in [0.25, 0.3) is 5.69 Å². The van der Waals surface area contributed by atoms with Crippen LogP contribution in [0.3, 0.4) is 0 Å². The predicted molar refractivity (Wildman–Crippen MR) is 109 cm³/mol. The van der Waals surface area contributed by atoms with Gasteiger partial charge in [-0.05, 0) is 55.5 Å². The average Bonchev–Trinajstić information content (AvgIpc) is 3.18. The van der Waals surface area contributed by atoms with Gasteiger partial charge in [0.1, 0.15) is 0 Å². The van der Waals surface area contributed by atoms with Crippen molar-refractivity contribution in [3.63, 3.8) is 0 Å². The molecular formula is C22H25N3O2. The van der Waals surface area contributed by atoms with Crippen molar-refractivity contribution in [1.82, 2.24) is 0 Å². The molecule has 0 aromatic heterocycles. The Morgan fingerprint density at radius 2 is 1.89 bits per heavy atom. The van der Waals surface area contributed by atoms with Gasteiger partial charge < -0.3 is 10.2 Å². The summed E-state index contributed by atoms with van der Waals surface area (Å²) in [5, 5.41) is 14.8. The van der Waals surface area contributed by atoms with Crippen LogP contribution in [-0.2, 0) is 0 Å². The molecule has 0 saturated carbocycles. The fourth-order valence-corrected chi connectivity index (χ4v) is 4.51. The summed E-state index contributed by atoms with van der Waals surface area (Å²) in [6.07, 6.45) is 5.41. The molecule has 3 atom stereocenters. The van der Waals surface area contributed by atoms with Crippen molar-refractivity contribution < 1.29 is 4.92 Å². The van der Waals surface area contributed by atoms with E-state index in [4.69, 9.17) is 0 Å². The molecule has 27 heavy (non-hydrogen) atoms. The molecule has 5 nitrogen and oxygen atoms in total. The number of hydrogen-bond acceptors (Lipinski definition) is 4. The fourth-order valence-electron chi connectivity index (χ4n) is 4.51. The monoisotopic (exact) mass is 363 g/mol. The second-order valence-corrected chi connectivity index (χ2v) is 7.27. The van der Waals surface area contributed by atoms with E-state index in [1.807, 2.05) is 6.07 Å². The fraction of sp³-hybridized carbons (Fsp3) is 0.364. The molecule has 4 rings (SSSR count). The third-order valence-corrected chi connectivity index (χ3v) is 5.94. The molecular weight excluding hydrogens is 338 g/mol. The first-order valence-corrected chi connectivity index (χ1v) is 9.68. The van der Waals surface area contributed by atoms with Crippen LogP contribution in [0.2, 0.25) is 0 Å². The summed E-state index contributed by atoms with van der Waals surface area (Å²) >= 11 is 0. The lowest BCUT2D eigenvalue weighted by atomic mass is 9.77. The molecule has 0 amide bonds. The largest absolute Gasteiger partial charge is 0.378 e. The molecule has 1 aliphatic carbocycles. The summed E-state index contributed by atoms with van der Waals surface area (Å²) in [6, 6.07) is 14.2. The maximum atomic E-state index is 11.2. The van der Waals surface area contributed by atoms with Gasteiger partial charge in [-0.3, -0.25) is 10.1 Å². The van der Waals surface area contributed by atoms with Crippen molar-refractivity contribution in [2.45, 2.75) is 32.2 Å². The van der Waals surface area contributed by atoms with Crippen molar-refractivity contribution in [1.29, 1.82) is 0 Å². The number of fused-ring (bicyclic) bond motifs is 3. The van der Waals surface area contributed by atoms with Crippen LogP contribution in [0.1, 0.15) is 43.4 Å². The summed E-state index contributed by atoms with van der Waals surface area (Å²) < 4.78 is 0. The third kappa shape index (κ3) is 3.07. The number of nitrogens with one attached hydrogen (secondary N) is 1. The standard InChI is InChI=1S/C22H25N3O2/c1-3-24(4-2)16-10-8-15(9-11-16)22-19-7-5-6-18(19)20-14-17(25(26)27)12-13-21(20)23-22/h5-6,8-14,18-19,22-23H,3-4,7H2,1-2H3. The average molecular weight is 363 g/mol. The lowest BCUT2D eigenvalue weighted by Crippen LogP contribution is -2.29. The number of allylic oxidation sites excluding steroid dienone is 2. The Hall–Kier alpha value is -2.82. The number of non-ortho nitro benzene ring substituents is 1. The summed E-state index contributed by atoms with van der Waals surface area (Å²) in [4.78, 5) is 13.2. The molecule has 2 aliphatic rings. The van der Waals surface area contributed by atoms with Gasteiger partial charge in [0.05, 0.1) is 11.0 Å². The zero-order valence-corrected chi connectivity index (χ0v) is 15.8. The van der Waals surface area contributed by atoms with Gasteiger partial charge >= 0.3 is 0 Å². The molecule has 0 fully saturated rings. The van der Waals surface area contributed by atoms with Crippen LogP contribution in [0.5, 0.6) is 0 Å². The van der Waals surface area contributed by atoms with E-state index < -0.39 is 0 Å². The highest BCUT2D eigenvalue weighted by Crippen LogP contribution is 2.50. The first-order chi connectivity index (χ1) is 13.1. The number of benzene rings is 2. The van der Waals surface area contributed by atoms with Crippen molar-refractivity contribution >= 4 is 17.1 Å². The molecule has 1 heterocycles. The molecule has 0 bridgehead atoms. The van der Waals surface area contributed by atoms with E-state index in [1.54, 1.807) is 12.1 Å². The molecule has 1 aliphatic heterocycles. The van der Waals surface area contributed by atoms with E-state index in [-0.39, 0.29) is 22.6 Å². The lowest BCUT2D eigenvalue weighted by molar-refractivity contribution is -0.384. The van der Waals surface area contributed by atoms with Crippen LogP contribution in [0.25, 0.3) is 0 Å². The van der Waals surface area contributed by atoms with E-state index in [0.29, 0.717) is 5.92 Å². The summed E-state index contributed by atoms with van der Waals surface area (Å²) in [5.74, 6) is 0.618. The van der Waals surface area contributed by atoms with Crippen molar-refractivity contribution in [2.75, 3.05) is 23.3 Å². The van der Waals surface area contributed by atoms with Gasteiger partial charge in [0, 0.05) is 42.5 Å². The maximum absolute atomic E-state index is 11.2. The van der Waals surface area contributed by atoms with E-state index >= 15 is 0 Å². The lowest BCUT2D eigenvalue weighted by Gasteiger charge is -2.37. The summed E-state index contributed by atoms with van der Waals surface area (Å²) in [7, 11) is 0. The molecule has 5 heteroatoms. The molecule has 1 N–H and O–H groups in total. The number of hydrogen-bond donors (Lipinski definition) is 1. The highest BCUT2D eigenvalue weighted by molar-refractivity contribution is 5.63. The van der Waals surface area contributed by atoms with Gasteiger partial charge in [-0.1, -0.05) is 24.3 Å².